The molecule has 4 heteroatoms. The summed E-state index contributed by atoms with van der Waals surface area (Å²) in [6, 6.07) is 7.63. The summed E-state index contributed by atoms with van der Waals surface area (Å²) in [5.74, 6) is 0. The lowest BCUT2D eigenvalue weighted by molar-refractivity contribution is 0.689. The van der Waals surface area contributed by atoms with Crippen molar-refractivity contribution in [3.63, 3.8) is 0 Å². The summed E-state index contributed by atoms with van der Waals surface area (Å²) in [6.45, 7) is 4.41. The number of hydrogen-bond acceptors (Lipinski definition) is 3. The van der Waals surface area contributed by atoms with Gasteiger partial charge in [0, 0.05) is 16.6 Å². The number of isothiocyanates is 1. The van der Waals surface area contributed by atoms with E-state index in [1.807, 2.05) is 31.2 Å². The molecule has 3 nitrogen and oxygen atoms in total. The van der Waals surface area contributed by atoms with Crippen molar-refractivity contribution in [2.75, 3.05) is 0 Å². The number of fused-ring (bicyclic) bond motifs is 1. The molecule has 0 bridgehead atoms. The fraction of sp³-hybridized carbons (Fsp3) is 0.333. The number of thiocarbonyl (C=S) groups is 1. The van der Waals surface area contributed by atoms with E-state index in [-0.39, 0.29) is 5.43 Å². The van der Waals surface area contributed by atoms with Gasteiger partial charge in [-0.15, -0.1) is 0 Å². The van der Waals surface area contributed by atoms with Crippen molar-refractivity contribution >= 4 is 28.3 Å². The Morgan fingerprint density at radius 1 is 1.37 bits per heavy atom. The summed E-state index contributed by atoms with van der Waals surface area (Å²) in [5, 5.41) is 3.13. The van der Waals surface area contributed by atoms with Crippen molar-refractivity contribution in [1.29, 1.82) is 0 Å². The van der Waals surface area contributed by atoms with Crippen molar-refractivity contribution in [3.8, 4) is 0 Å². The fourth-order valence-electron chi connectivity index (χ4n) is 2.40. The summed E-state index contributed by atoms with van der Waals surface area (Å²) in [7, 11) is 0. The quantitative estimate of drug-likeness (QED) is 0.632. The third-order valence-electron chi connectivity index (χ3n) is 3.30. The molecular weight excluding hydrogens is 256 g/mol. The minimum atomic E-state index is 0.113. The Kier molecular flexibility index (Phi) is 4.25. The SMILES string of the molecule is CCCc1c(C)c(=O)c2ccccc2n1CN=C=S. The predicted octanol–water partition coefficient (Wildman–Crippen LogP) is 3.32. The normalized spacial score (nSPS) is 10.4. The molecule has 0 amide bonds. The number of benzene rings is 1. The van der Waals surface area contributed by atoms with E-state index in [9.17, 15) is 4.79 Å². The topological polar surface area (TPSA) is 34.4 Å². The van der Waals surface area contributed by atoms with E-state index in [1.165, 1.54) is 0 Å². The molecule has 1 aromatic carbocycles. The molecule has 0 atom stereocenters. The second kappa shape index (κ2) is 5.91. The Morgan fingerprint density at radius 3 is 2.79 bits per heavy atom. The molecule has 0 saturated carbocycles. The van der Waals surface area contributed by atoms with Crippen LogP contribution < -0.4 is 5.43 Å². The number of hydrogen-bond donors (Lipinski definition) is 0. The van der Waals surface area contributed by atoms with Crippen LogP contribution in [0, 0.1) is 6.92 Å². The van der Waals surface area contributed by atoms with Gasteiger partial charge < -0.3 is 4.57 Å². The Balaban J connectivity index is 2.85. The molecule has 98 valence electrons. The highest BCUT2D eigenvalue weighted by atomic mass is 32.1. The molecule has 1 aromatic heterocycles. The lowest BCUT2D eigenvalue weighted by atomic mass is 10.1. The van der Waals surface area contributed by atoms with E-state index < -0.39 is 0 Å². The maximum absolute atomic E-state index is 12.4. The maximum atomic E-state index is 12.4. The molecule has 0 aliphatic rings. The number of nitrogens with zero attached hydrogens (tertiary/aromatic N) is 2. The highest BCUT2D eigenvalue weighted by Gasteiger charge is 2.12. The molecule has 0 saturated heterocycles. The Morgan fingerprint density at radius 2 is 2.11 bits per heavy atom. The van der Waals surface area contributed by atoms with Crippen molar-refractivity contribution in [2.24, 2.45) is 4.99 Å². The van der Waals surface area contributed by atoms with Crippen molar-refractivity contribution < 1.29 is 0 Å². The van der Waals surface area contributed by atoms with Gasteiger partial charge in [0.15, 0.2) is 5.43 Å². The van der Waals surface area contributed by atoms with E-state index in [4.69, 9.17) is 0 Å². The molecule has 0 unspecified atom stereocenters. The van der Waals surface area contributed by atoms with Crippen LogP contribution in [0.15, 0.2) is 34.1 Å². The summed E-state index contributed by atoms with van der Waals surface area (Å²) in [5.41, 5.74) is 2.87. The molecule has 0 aliphatic carbocycles. The predicted molar refractivity (Wildman–Crippen MR) is 82.0 cm³/mol. The van der Waals surface area contributed by atoms with E-state index >= 15 is 0 Å². The highest BCUT2D eigenvalue weighted by molar-refractivity contribution is 7.78. The second-order valence-corrected chi connectivity index (χ2v) is 4.67. The Labute approximate surface area is 117 Å². The average Bonchev–Trinajstić information content (AvgIpc) is 2.44. The fourth-order valence-corrected chi connectivity index (χ4v) is 2.46. The van der Waals surface area contributed by atoms with E-state index in [2.05, 4.69) is 33.9 Å². The van der Waals surface area contributed by atoms with Crippen LogP contribution in [-0.2, 0) is 13.1 Å². The van der Waals surface area contributed by atoms with Crippen LogP contribution in [0.3, 0.4) is 0 Å². The van der Waals surface area contributed by atoms with Gasteiger partial charge >= 0.3 is 0 Å². The third-order valence-corrected chi connectivity index (χ3v) is 3.43. The van der Waals surface area contributed by atoms with E-state index in [1.54, 1.807) is 0 Å². The van der Waals surface area contributed by atoms with Crippen molar-refractivity contribution in [3.05, 3.63) is 45.7 Å². The summed E-state index contributed by atoms with van der Waals surface area (Å²) in [6.07, 6.45) is 1.85. The smallest absolute Gasteiger partial charge is 0.192 e. The van der Waals surface area contributed by atoms with Crippen LogP contribution in [0.25, 0.3) is 10.9 Å². The van der Waals surface area contributed by atoms with Gasteiger partial charge in [0.25, 0.3) is 0 Å². The molecule has 0 N–H and O–H groups in total. The third kappa shape index (κ3) is 2.50. The lowest BCUT2D eigenvalue weighted by Crippen LogP contribution is -2.18. The van der Waals surface area contributed by atoms with Gasteiger partial charge in [-0.3, -0.25) is 4.79 Å². The minimum Gasteiger partial charge on any atom is -0.323 e. The molecule has 0 fully saturated rings. The monoisotopic (exact) mass is 272 g/mol. The molecule has 19 heavy (non-hydrogen) atoms. The van der Waals surface area contributed by atoms with Crippen LogP contribution in [0.5, 0.6) is 0 Å². The Hall–Kier alpha value is -1.77. The number of aliphatic imine (C=N–C) groups is 1. The van der Waals surface area contributed by atoms with Gasteiger partial charge in [0.05, 0.1) is 10.7 Å². The standard InChI is InChI=1S/C15H16N2OS/c1-3-6-13-11(2)15(18)12-7-4-5-8-14(12)17(13)9-16-10-19/h4-5,7-8H,3,6,9H2,1-2H3. The maximum Gasteiger partial charge on any atom is 0.192 e. The first-order valence-corrected chi connectivity index (χ1v) is 6.76. The zero-order valence-corrected chi connectivity index (χ0v) is 12.0. The number of aromatic nitrogens is 1. The van der Waals surface area contributed by atoms with Gasteiger partial charge in [0.1, 0.15) is 6.67 Å². The molecule has 0 spiro atoms. The van der Waals surface area contributed by atoms with Crippen LogP contribution >= 0.6 is 12.2 Å². The van der Waals surface area contributed by atoms with E-state index in [0.29, 0.717) is 6.67 Å². The highest BCUT2D eigenvalue weighted by Crippen LogP contribution is 2.17. The summed E-state index contributed by atoms with van der Waals surface area (Å²) >= 11 is 4.65. The van der Waals surface area contributed by atoms with Crippen LogP contribution in [-0.4, -0.2) is 9.73 Å². The van der Waals surface area contributed by atoms with Gasteiger partial charge in [0.2, 0.25) is 0 Å². The van der Waals surface area contributed by atoms with Gasteiger partial charge in [-0.1, -0.05) is 25.5 Å². The zero-order valence-electron chi connectivity index (χ0n) is 11.1. The van der Waals surface area contributed by atoms with Gasteiger partial charge in [-0.25, -0.2) is 4.99 Å². The first kappa shape index (κ1) is 13.7. The molecule has 0 radical (unpaired) electrons. The lowest BCUT2D eigenvalue weighted by Gasteiger charge is -2.16. The van der Waals surface area contributed by atoms with Gasteiger partial charge in [-0.05, 0) is 37.7 Å². The zero-order chi connectivity index (χ0) is 13.8. The summed E-state index contributed by atoms with van der Waals surface area (Å²) < 4.78 is 2.06. The van der Waals surface area contributed by atoms with E-state index in [0.717, 1.165) is 35.0 Å². The average molecular weight is 272 g/mol. The van der Waals surface area contributed by atoms with Crippen LogP contribution in [0.2, 0.25) is 0 Å². The second-order valence-electron chi connectivity index (χ2n) is 4.49. The molecular formula is C15H16N2OS. The van der Waals surface area contributed by atoms with Crippen molar-refractivity contribution in [1.82, 2.24) is 4.57 Å². The minimum absolute atomic E-state index is 0.113. The van der Waals surface area contributed by atoms with Crippen molar-refractivity contribution in [2.45, 2.75) is 33.4 Å². The molecule has 0 aliphatic heterocycles. The number of para-hydroxylation sites is 1. The molecule has 2 aromatic rings. The Bertz CT molecular complexity index is 712. The molecule has 2 rings (SSSR count). The number of pyridine rings is 1. The van der Waals surface area contributed by atoms with Crippen LogP contribution in [0.4, 0.5) is 0 Å². The molecule has 1 heterocycles. The first-order valence-electron chi connectivity index (χ1n) is 6.35. The van der Waals surface area contributed by atoms with Gasteiger partial charge in [-0.2, -0.15) is 0 Å². The van der Waals surface area contributed by atoms with Crippen LogP contribution in [0.1, 0.15) is 24.6 Å². The largest absolute Gasteiger partial charge is 0.323 e. The summed E-state index contributed by atoms with van der Waals surface area (Å²) in [4.78, 5) is 16.4. The number of rotatable bonds is 4. The first-order chi connectivity index (χ1) is 9.20.